The third-order valence-electron chi connectivity index (χ3n) is 4.00. The second kappa shape index (κ2) is 9.30. The zero-order valence-corrected chi connectivity index (χ0v) is 16.3. The van der Waals surface area contributed by atoms with Gasteiger partial charge in [-0.1, -0.05) is 36.4 Å². The fourth-order valence-electron chi connectivity index (χ4n) is 2.60. The summed E-state index contributed by atoms with van der Waals surface area (Å²) >= 11 is 1.28. The van der Waals surface area contributed by atoms with Gasteiger partial charge in [0.05, 0.1) is 17.1 Å². The van der Waals surface area contributed by atoms with Gasteiger partial charge in [-0.25, -0.2) is 4.98 Å². The van der Waals surface area contributed by atoms with Crippen molar-refractivity contribution in [3.05, 3.63) is 65.0 Å². The van der Waals surface area contributed by atoms with E-state index >= 15 is 0 Å². The number of nitrogens with zero attached hydrogens (tertiary/aromatic N) is 2. The first kappa shape index (κ1) is 19.8. The summed E-state index contributed by atoms with van der Waals surface area (Å²) in [6.07, 6.45) is 2.02. The van der Waals surface area contributed by atoms with Gasteiger partial charge < -0.3 is 10.6 Å². The van der Waals surface area contributed by atoms with Crippen molar-refractivity contribution in [3.63, 3.8) is 0 Å². The lowest BCUT2D eigenvalue weighted by atomic mass is 10.1. The van der Waals surface area contributed by atoms with Crippen LogP contribution in [0.5, 0.6) is 0 Å². The number of anilines is 3. The Kier molecular flexibility index (Phi) is 6.35. The van der Waals surface area contributed by atoms with Crippen molar-refractivity contribution < 1.29 is 9.59 Å². The van der Waals surface area contributed by atoms with Gasteiger partial charge in [-0.2, -0.15) is 5.26 Å². The molecule has 3 N–H and O–H groups in total. The van der Waals surface area contributed by atoms with E-state index in [0.29, 0.717) is 28.5 Å². The first-order chi connectivity index (χ1) is 14.1. The van der Waals surface area contributed by atoms with E-state index in [-0.39, 0.29) is 5.57 Å². The number of benzene rings is 2. The highest BCUT2D eigenvalue weighted by Crippen LogP contribution is 2.26. The molecule has 1 heterocycles. The van der Waals surface area contributed by atoms with E-state index in [1.807, 2.05) is 41.8 Å². The molecule has 0 radical (unpaired) electrons. The monoisotopic (exact) mass is 403 g/mol. The van der Waals surface area contributed by atoms with E-state index in [2.05, 4.69) is 20.9 Å². The molecule has 3 rings (SSSR count). The van der Waals surface area contributed by atoms with Gasteiger partial charge in [-0.3, -0.25) is 14.9 Å². The second-order valence-corrected chi connectivity index (χ2v) is 6.70. The lowest BCUT2D eigenvalue weighted by molar-refractivity contribution is -0.112. The van der Waals surface area contributed by atoms with E-state index in [1.54, 1.807) is 25.2 Å². The summed E-state index contributed by atoms with van der Waals surface area (Å²) in [5, 5.41) is 19.9. The maximum absolute atomic E-state index is 12.5. The predicted octanol–water partition coefficient (Wildman–Crippen LogP) is 3.97. The molecular weight excluding hydrogens is 386 g/mol. The van der Waals surface area contributed by atoms with E-state index in [1.165, 1.54) is 17.4 Å². The molecule has 2 amide bonds. The van der Waals surface area contributed by atoms with Crippen LogP contribution >= 0.6 is 11.3 Å². The van der Waals surface area contributed by atoms with Crippen molar-refractivity contribution in [2.45, 2.75) is 0 Å². The Hall–Kier alpha value is -3.96. The standard InChI is InChI=1S/C21H17N5O2S/c1-23-17-8-7-14(10-18(17)24-13-27)9-16(11-22)20(28)26-21-25-19(12-29-21)15-5-3-2-4-6-15/h2-10,12-13,23H,1H3,(H,24,27)(H,25,26,28)/b16-9+. The SMILES string of the molecule is CNc1ccc(/C=C(\C#N)C(=O)Nc2nc(-c3ccccc3)cs2)cc1NC=O. The van der Waals surface area contributed by atoms with Crippen LogP contribution < -0.4 is 16.0 Å². The Morgan fingerprint density at radius 3 is 2.66 bits per heavy atom. The Bertz CT molecular complexity index is 1100. The molecule has 0 aliphatic heterocycles. The molecule has 0 aliphatic carbocycles. The largest absolute Gasteiger partial charge is 0.386 e. The molecule has 8 heteroatoms. The number of nitrogens with one attached hydrogen (secondary N) is 3. The number of hydrogen-bond acceptors (Lipinski definition) is 6. The van der Waals surface area contributed by atoms with Gasteiger partial charge in [0.1, 0.15) is 11.6 Å². The van der Waals surface area contributed by atoms with Crippen molar-refractivity contribution in [2.24, 2.45) is 0 Å². The Morgan fingerprint density at radius 1 is 1.17 bits per heavy atom. The number of rotatable bonds is 7. The molecule has 2 aromatic carbocycles. The maximum atomic E-state index is 12.5. The zero-order chi connectivity index (χ0) is 20.6. The van der Waals surface area contributed by atoms with Crippen molar-refractivity contribution in [2.75, 3.05) is 23.0 Å². The Morgan fingerprint density at radius 2 is 1.97 bits per heavy atom. The number of hydrogen-bond donors (Lipinski definition) is 3. The third-order valence-corrected chi connectivity index (χ3v) is 4.76. The first-order valence-corrected chi connectivity index (χ1v) is 9.48. The highest BCUT2D eigenvalue weighted by atomic mass is 32.1. The molecule has 29 heavy (non-hydrogen) atoms. The van der Waals surface area contributed by atoms with Gasteiger partial charge in [-0.05, 0) is 23.8 Å². The average molecular weight is 403 g/mol. The summed E-state index contributed by atoms with van der Waals surface area (Å²) < 4.78 is 0. The van der Waals surface area contributed by atoms with Crippen LogP contribution in [-0.4, -0.2) is 24.3 Å². The molecule has 0 atom stereocenters. The molecule has 0 saturated heterocycles. The smallest absolute Gasteiger partial charge is 0.268 e. The minimum atomic E-state index is -0.552. The van der Waals surface area contributed by atoms with Crippen LogP contribution in [0.1, 0.15) is 5.56 Å². The maximum Gasteiger partial charge on any atom is 0.268 e. The summed E-state index contributed by atoms with van der Waals surface area (Å²) in [7, 11) is 1.73. The predicted molar refractivity (Wildman–Crippen MR) is 115 cm³/mol. The molecule has 0 bridgehead atoms. The molecule has 0 saturated carbocycles. The lowest BCUT2D eigenvalue weighted by Gasteiger charge is -2.09. The fourth-order valence-corrected chi connectivity index (χ4v) is 3.32. The minimum absolute atomic E-state index is 0.0734. The molecule has 3 aromatic rings. The molecule has 0 unspecified atom stereocenters. The first-order valence-electron chi connectivity index (χ1n) is 8.60. The number of nitriles is 1. The van der Waals surface area contributed by atoms with Crippen LogP contribution in [0.4, 0.5) is 16.5 Å². The van der Waals surface area contributed by atoms with Gasteiger partial charge in [0.15, 0.2) is 5.13 Å². The van der Waals surface area contributed by atoms with Crippen LogP contribution in [0, 0.1) is 11.3 Å². The van der Waals surface area contributed by atoms with E-state index in [0.717, 1.165) is 11.3 Å². The van der Waals surface area contributed by atoms with Gasteiger partial charge in [-0.15, -0.1) is 11.3 Å². The molecule has 144 valence electrons. The Balaban J connectivity index is 1.79. The van der Waals surface area contributed by atoms with Crippen molar-refractivity contribution in [1.29, 1.82) is 5.26 Å². The summed E-state index contributed by atoms with van der Waals surface area (Å²) in [6, 6.07) is 16.7. The number of carbonyl (C=O) groups is 2. The molecule has 1 aromatic heterocycles. The highest BCUT2D eigenvalue weighted by Gasteiger charge is 2.13. The second-order valence-electron chi connectivity index (χ2n) is 5.85. The number of carbonyl (C=O) groups excluding carboxylic acids is 2. The zero-order valence-electron chi connectivity index (χ0n) is 15.5. The molecule has 0 fully saturated rings. The van der Waals surface area contributed by atoms with Crippen LogP contribution in [0.3, 0.4) is 0 Å². The van der Waals surface area contributed by atoms with Gasteiger partial charge in [0.25, 0.3) is 5.91 Å². The normalized spacial score (nSPS) is 10.7. The summed E-state index contributed by atoms with van der Waals surface area (Å²) in [5.74, 6) is -0.552. The van der Waals surface area contributed by atoms with Crippen molar-refractivity contribution in [3.8, 4) is 17.3 Å². The topological polar surface area (TPSA) is 107 Å². The lowest BCUT2D eigenvalue weighted by Crippen LogP contribution is -2.13. The number of aromatic nitrogens is 1. The van der Waals surface area contributed by atoms with Crippen LogP contribution in [0.2, 0.25) is 0 Å². The highest BCUT2D eigenvalue weighted by molar-refractivity contribution is 7.14. The van der Waals surface area contributed by atoms with Gasteiger partial charge >= 0.3 is 0 Å². The minimum Gasteiger partial charge on any atom is -0.386 e. The number of thiazole rings is 1. The fraction of sp³-hybridized carbons (Fsp3) is 0.0476. The van der Waals surface area contributed by atoms with Crippen LogP contribution in [0.25, 0.3) is 17.3 Å². The summed E-state index contributed by atoms with van der Waals surface area (Å²) in [4.78, 5) is 27.7. The molecular formula is C21H17N5O2S. The van der Waals surface area contributed by atoms with E-state index in [9.17, 15) is 14.9 Å². The van der Waals surface area contributed by atoms with Crippen molar-refractivity contribution in [1.82, 2.24) is 4.98 Å². The average Bonchev–Trinajstić information content (AvgIpc) is 3.21. The van der Waals surface area contributed by atoms with Gasteiger partial charge in [0.2, 0.25) is 6.41 Å². The quantitative estimate of drug-likeness (QED) is 0.314. The van der Waals surface area contributed by atoms with Gasteiger partial charge in [0, 0.05) is 18.0 Å². The van der Waals surface area contributed by atoms with Crippen LogP contribution in [-0.2, 0) is 9.59 Å². The molecule has 0 spiro atoms. The number of amides is 2. The molecule has 0 aliphatic rings. The summed E-state index contributed by atoms with van der Waals surface area (Å²) in [5.41, 5.74) is 3.48. The Labute approximate surface area is 171 Å². The van der Waals surface area contributed by atoms with E-state index in [4.69, 9.17) is 0 Å². The third kappa shape index (κ3) is 4.86. The summed E-state index contributed by atoms with van der Waals surface area (Å²) in [6.45, 7) is 0. The molecule has 7 nitrogen and oxygen atoms in total. The van der Waals surface area contributed by atoms with Crippen molar-refractivity contribution >= 4 is 46.2 Å². The van der Waals surface area contributed by atoms with E-state index < -0.39 is 5.91 Å². The van der Waals surface area contributed by atoms with Crippen LogP contribution in [0.15, 0.2) is 59.5 Å².